The average molecular weight is 310 g/mol. The largest absolute Gasteiger partial charge is 0.310 e. The van der Waals surface area contributed by atoms with Crippen molar-refractivity contribution in [3.63, 3.8) is 0 Å². The van der Waals surface area contributed by atoms with Crippen molar-refractivity contribution in [3.05, 3.63) is 64.3 Å². The number of halogens is 1. The van der Waals surface area contributed by atoms with Gasteiger partial charge in [0.1, 0.15) is 5.82 Å². The molecule has 1 aromatic heterocycles. The molecule has 0 spiro atoms. The first kappa shape index (κ1) is 15.4. The molecule has 0 aliphatic carbocycles. The lowest BCUT2D eigenvalue weighted by Crippen LogP contribution is -2.26. The van der Waals surface area contributed by atoms with Crippen LogP contribution in [0.5, 0.6) is 0 Å². The highest BCUT2D eigenvalue weighted by molar-refractivity contribution is 7.89. The summed E-state index contributed by atoms with van der Waals surface area (Å²) >= 11 is 0. The van der Waals surface area contributed by atoms with Gasteiger partial charge in [-0.2, -0.15) is 0 Å². The third-order valence-electron chi connectivity index (χ3n) is 3.00. The maximum absolute atomic E-state index is 12.9. The van der Waals surface area contributed by atoms with E-state index in [1.165, 1.54) is 49.1 Å². The van der Waals surface area contributed by atoms with Crippen molar-refractivity contribution in [2.45, 2.75) is 11.4 Å². The van der Waals surface area contributed by atoms with Crippen molar-refractivity contribution in [2.75, 3.05) is 14.1 Å². The second kappa shape index (κ2) is 5.79. The van der Waals surface area contributed by atoms with Gasteiger partial charge in [0.05, 0.1) is 11.4 Å². The highest BCUT2D eigenvalue weighted by atomic mass is 32.2. The molecule has 0 radical (unpaired) electrons. The van der Waals surface area contributed by atoms with Gasteiger partial charge in [0.25, 0.3) is 5.56 Å². The van der Waals surface area contributed by atoms with E-state index in [0.29, 0.717) is 5.56 Å². The minimum atomic E-state index is -3.60. The van der Waals surface area contributed by atoms with Gasteiger partial charge in [-0.25, -0.2) is 17.1 Å². The van der Waals surface area contributed by atoms with Gasteiger partial charge >= 0.3 is 0 Å². The topological polar surface area (TPSA) is 59.4 Å². The first-order valence-electron chi connectivity index (χ1n) is 6.18. The Labute approximate surface area is 122 Å². The molecule has 1 heterocycles. The standard InChI is InChI=1S/C14H15FN2O3S/c1-16(2)21(19,20)13-7-8-14(18)17(10-13)9-11-3-5-12(15)6-4-11/h3-8,10H,9H2,1-2H3. The van der Waals surface area contributed by atoms with Crippen LogP contribution in [-0.2, 0) is 16.6 Å². The lowest BCUT2D eigenvalue weighted by molar-refractivity contribution is 0.519. The van der Waals surface area contributed by atoms with Gasteiger partial charge in [-0.15, -0.1) is 0 Å². The molecule has 112 valence electrons. The fraction of sp³-hybridized carbons (Fsp3) is 0.214. The predicted octanol–water partition coefficient (Wildman–Crippen LogP) is 1.29. The maximum atomic E-state index is 12.9. The number of hydrogen-bond acceptors (Lipinski definition) is 3. The average Bonchev–Trinajstić information content (AvgIpc) is 2.43. The normalized spacial score (nSPS) is 11.8. The third kappa shape index (κ3) is 3.37. The molecule has 0 unspecified atom stereocenters. The van der Waals surface area contributed by atoms with Crippen LogP contribution in [0.2, 0.25) is 0 Å². The van der Waals surface area contributed by atoms with Gasteiger partial charge in [0, 0.05) is 26.4 Å². The van der Waals surface area contributed by atoms with Crippen LogP contribution in [0.4, 0.5) is 4.39 Å². The molecule has 0 N–H and O–H groups in total. The van der Waals surface area contributed by atoms with E-state index in [4.69, 9.17) is 0 Å². The molecular weight excluding hydrogens is 295 g/mol. The minimum absolute atomic E-state index is 0.0363. The van der Waals surface area contributed by atoms with E-state index < -0.39 is 10.0 Å². The van der Waals surface area contributed by atoms with Crippen LogP contribution in [0.1, 0.15) is 5.56 Å². The lowest BCUT2D eigenvalue weighted by atomic mass is 10.2. The molecule has 2 rings (SSSR count). The summed E-state index contributed by atoms with van der Waals surface area (Å²) in [4.78, 5) is 11.9. The van der Waals surface area contributed by atoms with Gasteiger partial charge in [0.2, 0.25) is 10.0 Å². The molecule has 0 saturated heterocycles. The molecule has 0 saturated carbocycles. The molecule has 0 amide bonds. The number of aromatic nitrogens is 1. The second-order valence-corrected chi connectivity index (χ2v) is 6.90. The fourth-order valence-corrected chi connectivity index (χ4v) is 2.70. The third-order valence-corrected chi connectivity index (χ3v) is 4.80. The van der Waals surface area contributed by atoms with Crippen molar-refractivity contribution in [1.29, 1.82) is 0 Å². The van der Waals surface area contributed by atoms with Crippen LogP contribution in [0, 0.1) is 5.82 Å². The Morgan fingerprint density at radius 2 is 1.71 bits per heavy atom. The van der Waals surface area contributed by atoms with Crippen molar-refractivity contribution in [2.24, 2.45) is 0 Å². The van der Waals surface area contributed by atoms with Crippen LogP contribution in [-0.4, -0.2) is 31.4 Å². The number of hydrogen-bond donors (Lipinski definition) is 0. The van der Waals surface area contributed by atoms with Crippen molar-refractivity contribution < 1.29 is 12.8 Å². The number of rotatable bonds is 4. The Morgan fingerprint density at radius 1 is 1.10 bits per heavy atom. The molecule has 5 nitrogen and oxygen atoms in total. The second-order valence-electron chi connectivity index (χ2n) is 4.74. The van der Waals surface area contributed by atoms with Gasteiger partial charge in [0.15, 0.2) is 0 Å². The summed E-state index contributed by atoms with van der Waals surface area (Å²) in [6.45, 7) is 0.176. The Hall–Kier alpha value is -1.99. The molecule has 1 aromatic carbocycles. The zero-order chi connectivity index (χ0) is 15.6. The zero-order valence-electron chi connectivity index (χ0n) is 11.7. The Balaban J connectivity index is 2.41. The summed E-state index contributed by atoms with van der Waals surface area (Å²) in [5.41, 5.74) is 0.384. The van der Waals surface area contributed by atoms with Gasteiger partial charge in [-0.3, -0.25) is 4.79 Å². The molecule has 21 heavy (non-hydrogen) atoms. The molecular formula is C14H15FN2O3S. The van der Waals surface area contributed by atoms with Gasteiger partial charge < -0.3 is 4.57 Å². The molecule has 0 bridgehead atoms. The zero-order valence-corrected chi connectivity index (χ0v) is 12.5. The quantitative estimate of drug-likeness (QED) is 0.855. The highest BCUT2D eigenvalue weighted by Crippen LogP contribution is 2.11. The van der Waals surface area contributed by atoms with Crippen LogP contribution >= 0.6 is 0 Å². The number of sulfonamides is 1. The van der Waals surface area contributed by atoms with Gasteiger partial charge in [-0.05, 0) is 23.8 Å². The van der Waals surface area contributed by atoms with Crippen LogP contribution in [0.25, 0.3) is 0 Å². The summed E-state index contributed by atoms with van der Waals surface area (Å²) in [5, 5.41) is 0. The molecule has 0 aliphatic heterocycles. The van der Waals surface area contributed by atoms with E-state index in [-0.39, 0.29) is 22.8 Å². The first-order valence-corrected chi connectivity index (χ1v) is 7.62. The summed E-state index contributed by atoms with van der Waals surface area (Å²) < 4.78 is 39.3. The fourth-order valence-electron chi connectivity index (χ4n) is 1.78. The van der Waals surface area contributed by atoms with E-state index in [1.54, 1.807) is 12.1 Å². The highest BCUT2D eigenvalue weighted by Gasteiger charge is 2.18. The van der Waals surface area contributed by atoms with Crippen molar-refractivity contribution in [3.8, 4) is 0 Å². The molecule has 7 heteroatoms. The SMILES string of the molecule is CN(C)S(=O)(=O)c1ccc(=O)n(Cc2ccc(F)cc2)c1. The van der Waals surface area contributed by atoms with Crippen LogP contribution in [0.3, 0.4) is 0 Å². The monoisotopic (exact) mass is 310 g/mol. The van der Waals surface area contributed by atoms with Gasteiger partial charge in [-0.1, -0.05) is 12.1 Å². The smallest absolute Gasteiger partial charge is 0.250 e. The van der Waals surface area contributed by atoms with Crippen LogP contribution in [0.15, 0.2) is 52.3 Å². The Bertz CT molecular complexity index is 796. The molecule has 2 aromatic rings. The minimum Gasteiger partial charge on any atom is -0.310 e. The van der Waals surface area contributed by atoms with Crippen molar-refractivity contribution >= 4 is 10.0 Å². The van der Waals surface area contributed by atoms with Crippen molar-refractivity contribution in [1.82, 2.24) is 8.87 Å². The summed E-state index contributed by atoms with van der Waals surface area (Å²) in [7, 11) is -0.759. The van der Waals surface area contributed by atoms with E-state index in [2.05, 4.69) is 0 Å². The molecule has 0 aliphatic rings. The van der Waals surface area contributed by atoms with E-state index in [0.717, 1.165) is 4.31 Å². The number of benzene rings is 1. The van der Waals surface area contributed by atoms with E-state index in [9.17, 15) is 17.6 Å². The number of nitrogens with zero attached hydrogens (tertiary/aromatic N) is 2. The Morgan fingerprint density at radius 3 is 2.29 bits per heavy atom. The molecule has 0 atom stereocenters. The predicted molar refractivity (Wildman–Crippen MR) is 77.1 cm³/mol. The maximum Gasteiger partial charge on any atom is 0.250 e. The summed E-state index contributed by atoms with van der Waals surface area (Å²) in [5.74, 6) is -0.366. The lowest BCUT2D eigenvalue weighted by Gasteiger charge is -2.13. The summed E-state index contributed by atoms with van der Waals surface area (Å²) in [6.07, 6.45) is 1.29. The van der Waals surface area contributed by atoms with E-state index >= 15 is 0 Å². The van der Waals surface area contributed by atoms with Crippen LogP contribution < -0.4 is 5.56 Å². The summed E-state index contributed by atoms with van der Waals surface area (Å²) in [6, 6.07) is 8.17. The molecule has 0 fully saturated rings. The Kier molecular flexibility index (Phi) is 4.24. The first-order chi connectivity index (χ1) is 9.80. The van der Waals surface area contributed by atoms with E-state index in [1.807, 2.05) is 0 Å². The number of pyridine rings is 1.